The Balaban J connectivity index is 1.40. The highest BCUT2D eigenvalue weighted by atomic mass is 32.1. The van der Waals surface area contributed by atoms with Gasteiger partial charge in [0.05, 0.1) is 11.6 Å². The first kappa shape index (κ1) is 16.1. The van der Waals surface area contributed by atoms with E-state index in [1.165, 1.54) is 0 Å². The molecule has 4 aromatic rings. The van der Waals surface area contributed by atoms with E-state index in [9.17, 15) is 0 Å². The number of benzene rings is 2. The summed E-state index contributed by atoms with van der Waals surface area (Å²) in [6.07, 6.45) is 0. The molecular formula is C20H13N3O2S. The zero-order valence-electron chi connectivity index (χ0n) is 13.6. The van der Waals surface area contributed by atoms with Crippen LogP contribution in [0.4, 0.5) is 0 Å². The molecule has 2 aromatic heterocycles. The Morgan fingerprint density at radius 3 is 2.35 bits per heavy atom. The lowest BCUT2D eigenvalue weighted by atomic mass is 10.0. The second-order valence-corrected chi connectivity index (χ2v) is 6.31. The third-order valence-corrected chi connectivity index (χ3v) is 4.49. The van der Waals surface area contributed by atoms with E-state index in [4.69, 9.17) is 14.5 Å². The zero-order valence-corrected chi connectivity index (χ0v) is 14.4. The van der Waals surface area contributed by atoms with Crippen molar-refractivity contribution in [3.8, 4) is 34.3 Å². The number of aromatic nitrogens is 2. The van der Waals surface area contributed by atoms with E-state index < -0.39 is 0 Å². The van der Waals surface area contributed by atoms with Gasteiger partial charge in [0, 0.05) is 10.9 Å². The fourth-order valence-corrected chi connectivity index (χ4v) is 3.08. The number of ether oxygens (including phenoxy) is 1. The topological polar surface area (TPSA) is 71.9 Å². The molecule has 0 aliphatic carbocycles. The Bertz CT molecular complexity index is 1030. The van der Waals surface area contributed by atoms with E-state index in [2.05, 4.69) is 16.2 Å². The fourth-order valence-electron chi connectivity index (χ4n) is 2.45. The number of hydrogen-bond acceptors (Lipinski definition) is 6. The Labute approximate surface area is 154 Å². The quantitative estimate of drug-likeness (QED) is 0.506. The monoisotopic (exact) mass is 359 g/mol. The molecule has 0 saturated heterocycles. The number of nitriles is 1. The van der Waals surface area contributed by atoms with Crippen molar-refractivity contribution < 1.29 is 9.26 Å². The maximum atomic E-state index is 8.86. The Morgan fingerprint density at radius 1 is 0.962 bits per heavy atom. The van der Waals surface area contributed by atoms with Crippen LogP contribution in [0.2, 0.25) is 0 Å². The van der Waals surface area contributed by atoms with Crippen LogP contribution in [0, 0.1) is 11.3 Å². The molecule has 0 radical (unpaired) electrons. The molecular weight excluding hydrogens is 346 g/mol. The lowest BCUT2D eigenvalue weighted by Crippen LogP contribution is -1.95. The molecule has 0 fully saturated rings. The van der Waals surface area contributed by atoms with Crippen molar-refractivity contribution in [2.45, 2.75) is 6.61 Å². The first-order valence-corrected chi connectivity index (χ1v) is 8.85. The van der Waals surface area contributed by atoms with Crippen LogP contribution in [-0.4, -0.2) is 10.1 Å². The summed E-state index contributed by atoms with van der Waals surface area (Å²) in [5.74, 6) is 1.72. The Morgan fingerprint density at radius 2 is 1.69 bits per heavy atom. The Hall–Kier alpha value is -3.43. The summed E-state index contributed by atoms with van der Waals surface area (Å²) in [6.45, 7) is 0.216. The molecule has 26 heavy (non-hydrogen) atoms. The highest BCUT2D eigenvalue weighted by Gasteiger charge is 2.09. The average Bonchev–Trinajstić information content (AvgIpc) is 3.38. The van der Waals surface area contributed by atoms with Crippen LogP contribution in [-0.2, 0) is 6.61 Å². The minimum absolute atomic E-state index is 0.216. The summed E-state index contributed by atoms with van der Waals surface area (Å²) in [6, 6.07) is 19.3. The number of hydrogen-bond donors (Lipinski definition) is 0. The SMILES string of the molecule is N#Cc1ccc(-c2ccc(OCc3nc(-c4ccsc4)no3)cc2)cc1. The van der Waals surface area contributed by atoms with Crippen LogP contribution in [0.5, 0.6) is 5.75 Å². The van der Waals surface area contributed by atoms with Crippen molar-refractivity contribution in [1.29, 1.82) is 5.26 Å². The van der Waals surface area contributed by atoms with Crippen molar-refractivity contribution in [3.05, 3.63) is 76.8 Å². The van der Waals surface area contributed by atoms with E-state index in [0.29, 0.717) is 17.3 Å². The van der Waals surface area contributed by atoms with E-state index >= 15 is 0 Å². The molecule has 2 heterocycles. The molecule has 0 aliphatic rings. The second-order valence-electron chi connectivity index (χ2n) is 5.53. The molecule has 0 amide bonds. The van der Waals surface area contributed by atoms with Gasteiger partial charge in [-0.15, -0.1) is 0 Å². The van der Waals surface area contributed by atoms with Crippen molar-refractivity contribution in [1.82, 2.24) is 10.1 Å². The van der Waals surface area contributed by atoms with Gasteiger partial charge in [-0.1, -0.05) is 29.4 Å². The van der Waals surface area contributed by atoms with Crippen LogP contribution in [0.3, 0.4) is 0 Å². The molecule has 0 saturated carbocycles. The van der Waals surface area contributed by atoms with E-state index in [-0.39, 0.29) is 6.61 Å². The fraction of sp³-hybridized carbons (Fsp3) is 0.0500. The predicted octanol–water partition coefficient (Wildman–Crippen LogP) is 4.92. The largest absolute Gasteiger partial charge is 0.484 e. The zero-order chi connectivity index (χ0) is 17.8. The summed E-state index contributed by atoms with van der Waals surface area (Å²) in [7, 11) is 0. The van der Waals surface area contributed by atoms with Crippen molar-refractivity contribution >= 4 is 11.3 Å². The van der Waals surface area contributed by atoms with Crippen LogP contribution in [0.15, 0.2) is 69.9 Å². The minimum Gasteiger partial charge on any atom is -0.484 e. The van der Waals surface area contributed by atoms with Crippen LogP contribution < -0.4 is 4.74 Å². The standard InChI is InChI=1S/C20H13N3O2S/c21-11-14-1-3-15(4-2-14)16-5-7-18(8-6-16)24-12-19-22-20(23-25-19)17-9-10-26-13-17/h1-10,13H,12H2. The van der Waals surface area contributed by atoms with Gasteiger partial charge >= 0.3 is 0 Å². The van der Waals surface area contributed by atoms with Crippen molar-refractivity contribution in [2.75, 3.05) is 0 Å². The lowest BCUT2D eigenvalue weighted by molar-refractivity contribution is 0.243. The summed E-state index contributed by atoms with van der Waals surface area (Å²) >= 11 is 1.59. The number of nitrogens with zero attached hydrogens (tertiary/aromatic N) is 3. The van der Waals surface area contributed by atoms with Gasteiger partial charge in [-0.05, 0) is 46.8 Å². The van der Waals surface area contributed by atoms with Crippen LogP contribution >= 0.6 is 11.3 Å². The van der Waals surface area contributed by atoms with Gasteiger partial charge < -0.3 is 9.26 Å². The van der Waals surface area contributed by atoms with Gasteiger partial charge in [0.1, 0.15) is 5.75 Å². The first-order valence-electron chi connectivity index (χ1n) is 7.90. The molecule has 4 rings (SSSR count). The molecule has 0 unspecified atom stereocenters. The molecule has 2 aromatic carbocycles. The normalized spacial score (nSPS) is 10.4. The van der Waals surface area contributed by atoms with E-state index in [1.54, 1.807) is 23.5 Å². The highest BCUT2D eigenvalue weighted by molar-refractivity contribution is 7.08. The maximum absolute atomic E-state index is 8.86. The minimum atomic E-state index is 0.216. The van der Waals surface area contributed by atoms with Crippen LogP contribution in [0.1, 0.15) is 11.5 Å². The second kappa shape index (κ2) is 7.21. The highest BCUT2D eigenvalue weighted by Crippen LogP contribution is 2.24. The lowest BCUT2D eigenvalue weighted by Gasteiger charge is -2.05. The number of thiophene rings is 1. The maximum Gasteiger partial charge on any atom is 0.264 e. The summed E-state index contributed by atoms with van der Waals surface area (Å²) < 4.78 is 10.9. The predicted molar refractivity (Wildman–Crippen MR) is 98.5 cm³/mol. The van der Waals surface area contributed by atoms with Crippen molar-refractivity contribution in [3.63, 3.8) is 0 Å². The smallest absolute Gasteiger partial charge is 0.264 e. The molecule has 5 nitrogen and oxygen atoms in total. The average molecular weight is 359 g/mol. The van der Waals surface area contributed by atoms with Gasteiger partial charge in [0.25, 0.3) is 5.89 Å². The number of rotatable bonds is 5. The summed E-state index contributed by atoms with van der Waals surface area (Å²) in [5, 5.41) is 16.8. The third kappa shape index (κ3) is 3.48. The summed E-state index contributed by atoms with van der Waals surface area (Å²) in [4.78, 5) is 4.33. The first-order chi connectivity index (χ1) is 12.8. The third-order valence-electron chi connectivity index (χ3n) is 3.81. The van der Waals surface area contributed by atoms with Gasteiger partial charge in [-0.3, -0.25) is 0 Å². The molecule has 126 valence electrons. The van der Waals surface area contributed by atoms with Gasteiger partial charge in [-0.2, -0.15) is 21.6 Å². The van der Waals surface area contributed by atoms with Gasteiger partial charge in [-0.25, -0.2) is 0 Å². The molecule has 0 spiro atoms. The van der Waals surface area contributed by atoms with Gasteiger partial charge in [0.2, 0.25) is 5.82 Å². The molecule has 0 atom stereocenters. The van der Waals surface area contributed by atoms with E-state index in [0.717, 1.165) is 22.4 Å². The molecule has 6 heteroatoms. The molecule has 0 N–H and O–H groups in total. The molecule has 0 aliphatic heterocycles. The van der Waals surface area contributed by atoms with Gasteiger partial charge in [0.15, 0.2) is 6.61 Å². The Kier molecular flexibility index (Phi) is 4.46. The van der Waals surface area contributed by atoms with Crippen LogP contribution in [0.25, 0.3) is 22.5 Å². The molecule has 0 bridgehead atoms. The van der Waals surface area contributed by atoms with E-state index in [1.807, 2.05) is 53.2 Å². The summed E-state index contributed by atoms with van der Waals surface area (Å²) in [5.41, 5.74) is 3.69. The van der Waals surface area contributed by atoms with Crippen molar-refractivity contribution in [2.24, 2.45) is 0 Å².